The molecule has 1 heterocycles. The third-order valence-electron chi connectivity index (χ3n) is 1.08. The molecule has 1 rings (SSSR count). The van der Waals surface area contributed by atoms with Gasteiger partial charge in [0.1, 0.15) is 7.05 Å². The summed E-state index contributed by atoms with van der Waals surface area (Å²) in [7, 11) is 1.82. The summed E-state index contributed by atoms with van der Waals surface area (Å²) >= 11 is 0. The molecule has 0 amide bonds. The van der Waals surface area contributed by atoms with Gasteiger partial charge in [0.25, 0.3) is 0 Å². The topological polar surface area (TPSA) is 45.5 Å². The van der Waals surface area contributed by atoms with Crippen LogP contribution in [-0.2, 0) is 7.05 Å². The van der Waals surface area contributed by atoms with E-state index in [1.54, 1.807) is 4.80 Å². The summed E-state index contributed by atoms with van der Waals surface area (Å²) in [5.74, 6) is 1.26. The molecule has 4 nitrogen and oxygen atoms in total. The van der Waals surface area contributed by atoms with Gasteiger partial charge >= 0.3 is 5.82 Å². The molecule has 0 bridgehead atoms. The Hall–Kier alpha value is -0.930. The highest BCUT2D eigenvalue weighted by atomic mass is 15.6. The Morgan fingerprint density at radius 1 is 1.56 bits per heavy atom. The van der Waals surface area contributed by atoms with Crippen LogP contribution in [0.2, 0.25) is 0 Å². The molecule has 9 heavy (non-hydrogen) atoms. The van der Waals surface area contributed by atoms with E-state index in [4.69, 9.17) is 0 Å². The Balaban J connectivity index is 2.85. The number of tetrazole rings is 1. The third-order valence-corrected chi connectivity index (χ3v) is 1.08. The van der Waals surface area contributed by atoms with Gasteiger partial charge in [0.05, 0.1) is 5.10 Å². The lowest BCUT2D eigenvalue weighted by molar-refractivity contribution is -0.784. The van der Waals surface area contributed by atoms with Crippen LogP contribution < -0.4 is 4.80 Å². The number of rotatable bonds is 1. The van der Waals surface area contributed by atoms with E-state index < -0.39 is 0 Å². The van der Waals surface area contributed by atoms with Crippen LogP contribution >= 0.6 is 0 Å². The molecule has 1 aromatic heterocycles. The van der Waals surface area contributed by atoms with Crippen molar-refractivity contribution in [2.75, 3.05) is 0 Å². The van der Waals surface area contributed by atoms with Crippen LogP contribution in [0, 0.1) is 0 Å². The fraction of sp³-hybridized carbons (Fsp3) is 0.800. The van der Waals surface area contributed by atoms with Crippen LogP contribution in [0.1, 0.15) is 25.6 Å². The van der Waals surface area contributed by atoms with Gasteiger partial charge in [0.2, 0.25) is 0 Å². The summed E-state index contributed by atoms with van der Waals surface area (Å²) in [5, 5.41) is 10.7. The fourth-order valence-corrected chi connectivity index (χ4v) is 0.567. The summed E-state index contributed by atoms with van der Waals surface area (Å²) in [5.41, 5.74) is 0. The first-order valence-electron chi connectivity index (χ1n) is 2.99. The number of hydrogen-bond acceptors (Lipinski definition) is 2. The van der Waals surface area contributed by atoms with Gasteiger partial charge in [0.15, 0.2) is 0 Å². The van der Waals surface area contributed by atoms with Gasteiger partial charge in [-0.2, -0.15) is 0 Å². The maximum Gasteiger partial charge on any atom is 0.310 e. The normalized spacial score (nSPS) is 10.7. The molecule has 1 aromatic rings. The number of aryl methyl sites for hydroxylation is 1. The molecule has 0 radical (unpaired) electrons. The molecular weight excluding hydrogens is 116 g/mol. The minimum absolute atomic E-state index is 0.405. The number of aromatic nitrogens is 4. The van der Waals surface area contributed by atoms with Gasteiger partial charge in [-0.3, -0.25) is 0 Å². The average molecular weight is 127 g/mol. The van der Waals surface area contributed by atoms with E-state index in [-0.39, 0.29) is 0 Å². The van der Waals surface area contributed by atoms with E-state index in [0.29, 0.717) is 5.92 Å². The second kappa shape index (κ2) is 2.13. The highest BCUT2D eigenvalue weighted by molar-refractivity contribution is 4.81. The molecule has 0 aliphatic carbocycles. The number of nitrogens with one attached hydrogen (secondary N) is 1. The molecule has 0 unspecified atom stereocenters. The van der Waals surface area contributed by atoms with E-state index in [2.05, 4.69) is 29.3 Å². The van der Waals surface area contributed by atoms with Crippen LogP contribution in [0.15, 0.2) is 0 Å². The number of H-pyrrole nitrogens is 1. The second-order valence-electron chi connectivity index (χ2n) is 2.35. The summed E-state index contributed by atoms with van der Waals surface area (Å²) in [6, 6.07) is 0. The maximum absolute atomic E-state index is 4.06. The Morgan fingerprint density at radius 3 is 2.44 bits per heavy atom. The van der Waals surface area contributed by atoms with Gasteiger partial charge in [-0.15, -0.1) is 0 Å². The third kappa shape index (κ3) is 1.25. The number of nitrogens with zero attached hydrogens (tertiary/aromatic N) is 3. The van der Waals surface area contributed by atoms with E-state index in [1.165, 1.54) is 0 Å². The largest absolute Gasteiger partial charge is 0.310 e. The second-order valence-corrected chi connectivity index (χ2v) is 2.35. The molecule has 0 fully saturated rings. The minimum Gasteiger partial charge on any atom is -0.0652 e. The lowest BCUT2D eigenvalue weighted by Crippen LogP contribution is -2.33. The fourth-order valence-electron chi connectivity index (χ4n) is 0.567. The summed E-state index contributed by atoms with van der Waals surface area (Å²) in [4.78, 5) is 1.59. The molecule has 50 valence electrons. The van der Waals surface area contributed by atoms with Crippen molar-refractivity contribution in [3.8, 4) is 0 Å². The predicted octanol–water partition coefficient (Wildman–Crippen LogP) is -0.247. The average Bonchev–Trinajstić information content (AvgIpc) is 2.14. The zero-order valence-corrected chi connectivity index (χ0v) is 5.92. The van der Waals surface area contributed by atoms with Gasteiger partial charge < -0.3 is 0 Å². The van der Waals surface area contributed by atoms with Gasteiger partial charge in [-0.25, -0.2) is 0 Å². The SMILES string of the molecule is CC(C)c1n[nH][n+](C)n1. The minimum atomic E-state index is 0.405. The Labute approximate surface area is 53.9 Å². The monoisotopic (exact) mass is 127 g/mol. The predicted molar refractivity (Wildman–Crippen MR) is 31.6 cm³/mol. The molecule has 0 saturated heterocycles. The van der Waals surface area contributed by atoms with Crippen molar-refractivity contribution in [2.24, 2.45) is 7.05 Å². The molecule has 4 heteroatoms. The van der Waals surface area contributed by atoms with E-state index in [1.807, 2.05) is 7.05 Å². The van der Waals surface area contributed by atoms with Crippen LogP contribution in [0.5, 0.6) is 0 Å². The number of aromatic amines is 1. The van der Waals surface area contributed by atoms with Crippen molar-refractivity contribution in [1.29, 1.82) is 0 Å². The van der Waals surface area contributed by atoms with Gasteiger partial charge in [0, 0.05) is 5.92 Å². The lowest BCUT2D eigenvalue weighted by Gasteiger charge is -1.84. The maximum atomic E-state index is 4.06. The Bertz CT molecular complexity index is 191. The first kappa shape index (κ1) is 6.19. The molecule has 0 saturated carbocycles. The van der Waals surface area contributed by atoms with Crippen LogP contribution in [0.3, 0.4) is 0 Å². The molecule has 0 aliphatic heterocycles. The smallest absolute Gasteiger partial charge is 0.0652 e. The van der Waals surface area contributed by atoms with E-state index >= 15 is 0 Å². The molecular formula is C5H11N4+. The van der Waals surface area contributed by atoms with Crippen molar-refractivity contribution in [3.63, 3.8) is 0 Å². The van der Waals surface area contributed by atoms with Crippen LogP contribution in [0.4, 0.5) is 0 Å². The summed E-state index contributed by atoms with van der Waals surface area (Å²) in [6.45, 7) is 4.12. The van der Waals surface area contributed by atoms with Gasteiger partial charge in [-0.1, -0.05) is 18.6 Å². The van der Waals surface area contributed by atoms with Crippen LogP contribution in [-0.4, -0.2) is 15.4 Å². The molecule has 0 spiro atoms. The van der Waals surface area contributed by atoms with Gasteiger partial charge in [-0.05, 0) is 10.3 Å². The first-order valence-corrected chi connectivity index (χ1v) is 2.99. The highest BCUT2D eigenvalue weighted by Crippen LogP contribution is 2.02. The summed E-state index contributed by atoms with van der Waals surface area (Å²) < 4.78 is 0. The highest BCUT2D eigenvalue weighted by Gasteiger charge is 2.11. The van der Waals surface area contributed by atoms with Crippen molar-refractivity contribution in [3.05, 3.63) is 5.82 Å². The molecule has 0 atom stereocenters. The zero-order chi connectivity index (χ0) is 6.85. The number of hydrogen-bond donors (Lipinski definition) is 1. The first-order chi connectivity index (χ1) is 4.20. The van der Waals surface area contributed by atoms with Crippen molar-refractivity contribution >= 4 is 0 Å². The van der Waals surface area contributed by atoms with Crippen LogP contribution in [0.25, 0.3) is 0 Å². The molecule has 0 aliphatic rings. The summed E-state index contributed by atoms with van der Waals surface area (Å²) in [6.07, 6.45) is 0. The molecule has 0 aromatic carbocycles. The lowest BCUT2D eigenvalue weighted by atomic mass is 10.2. The Kier molecular flexibility index (Phi) is 1.46. The van der Waals surface area contributed by atoms with Crippen molar-refractivity contribution < 1.29 is 4.80 Å². The molecule has 1 N–H and O–H groups in total. The van der Waals surface area contributed by atoms with E-state index in [9.17, 15) is 0 Å². The standard InChI is InChI=1S/C5H10N4/c1-4(2)5-6-8-9(3)7-5/h4H,1-3H3/p+1. The van der Waals surface area contributed by atoms with Crippen molar-refractivity contribution in [1.82, 2.24) is 15.4 Å². The van der Waals surface area contributed by atoms with Crippen molar-refractivity contribution in [2.45, 2.75) is 19.8 Å². The van der Waals surface area contributed by atoms with E-state index in [0.717, 1.165) is 5.82 Å². The zero-order valence-electron chi connectivity index (χ0n) is 5.92. The quantitative estimate of drug-likeness (QED) is 0.529. The Morgan fingerprint density at radius 2 is 2.22 bits per heavy atom.